The molecular formula is C12H14N2O. The summed E-state index contributed by atoms with van der Waals surface area (Å²) < 4.78 is 2.00. The van der Waals surface area contributed by atoms with Crippen molar-refractivity contribution in [3.05, 3.63) is 29.6 Å². The molecule has 0 fully saturated rings. The van der Waals surface area contributed by atoms with Crippen molar-refractivity contribution in [3.63, 3.8) is 0 Å². The van der Waals surface area contributed by atoms with Gasteiger partial charge < -0.3 is 4.57 Å². The first-order chi connectivity index (χ1) is 7.16. The number of aldehydes is 1. The van der Waals surface area contributed by atoms with Crippen LogP contribution in [0.2, 0.25) is 0 Å². The normalized spacial score (nSPS) is 11.2. The summed E-state index contributed by atoms with van der Waals surface area (Å²) in [6, 6.07) is 3.80. The minimum atomic E-state index is 0.324. The molecule has 2 heterocycles. The Kier molecular flexibility index (Phi) is 2.31. The van der Waals surface area contributed by atoms with Crippen LogP contribution in [0, 0.1) is 0 Å². The van der Waals surface area contributed by atoms with Gasteiger partial charge in [0.25, 0.3) is 0 Å². The molecule has 0 N–H and O–H groups in total. The molecule has 0 aliphatic rings. The smallest absolute Gasteiger partial charge is 0.152 e. The summed E-state index contributed by atoms with van der Waals surface area (Å²) in [5.41, 5.74) is 2.71. The summed E-state index contributed by atoms with van der Waals surface area (Å²) in [4.78, 5) is 15.4. The molecule has 0 spiro atoms. The fraction of sp³-hybridized carbons (Fsp3) is 0.333. The Bertz CT molecular complexity index is 512. The molecule has 78 valence electrons. The van der Waals surface area contributed by atoms with Crippen LogP contribution in [0.25, 0.3) is 11.0 Å². The van der Waals surface area contributed by atoms with Gasteiger partial charge in [0.1, 0.15) is 5.65 Å². The van der Waals surface area contributed by atoms with Gasteiger partial charge in [-0.1, -0.05) is 13.8 Å². The fourth-order valence-electron chi connectivity index (χ4n) is 2.13. The number of nitrogens with zero attached hydrogens (tertiary/aromatic N) is 2. The van der Waals surface area contributed by atoms with Crippen LogP contribution in [0.15, 0.2) is 18.3 Å². The number of aromatic nitrogens is 2. The van der Waals surface area contributed by atoms with E-state index in [1.165, 1.54) is 0 Å². The van der Waals surface area contributed by atoms with Crippen molar-refractivity contribution >= 4 is 17.3 Å². The van der Waals surface area contributed by atoms with E-state index in [2.05, 4.69) is 18.8 Å². The van der Waals surface area contributed by atoms with E-state index in [0.29, 0.717) is 5.92 Å². The molecule has 0 bridgehead atoms. The third-order valence-electron chi connectivity index (χ3n) is 2.70. The predicted octanol–water partition coefficient (Wildman–Crippen LogP) is 2.51. The van der Waals surface area contributed by atoms with Gasteiger partial charge in [0.2, 0.25) is 0 Å². The molecule has 0 saturated heterocycles. The van der Waals surface area contributed by atoms with E-state index in [0.717, 1.165) is 28.6 Å². The maximum Gasteiger partial charge on any atom is 0.152 e. The molecule has 0 aromatic carbocycles. The first-order valence-electron chi connectivity index (χ1n) is 5.05. The quantitative estimate of drug-likeness (QED) is 0.701. The van der Waals surface area contributed by atoms with Crippen LogP contribution in [0.4, 0.5) is 0 Å². The van der Waals surface area contributed by atoms with E-state index < -0.39 is 0 Å². The summed E-state index contributed by atoms with van der Waals surface area (Å²) in [6.45, 7) is 4.17. The van der Waals surface area contributed by atoms with E-state index in [1.807, 2.05) is 23.7 Å². The number of aryl methyl sites for hydroxylation is 1. The summed E-state index contributed by atoms with van der Waals surface area (Å²) in [6.07, 6.45) is 2.68. The molecule has 0 amide bonds. The van der Waals surface area contributed by atoms with Gasteiger partial charge >= 0.3 is 0 Å². The molecule has 0 unspecified atom stereocenters. The number of fused-ring (bicyclic) bond motifs is 1. The molecule has 15 heavy (non-hydrogen) atoms. The second kappa shape index (κ2) is 3.50. The highest BCUT2D eigenvalue weighted by Gasteiger charge is 2.16. The molecule has 3 nitrogen and oxygen atoms in total. The minimum absolute atomic E-state index is 0.324. The summed E-state index contributed by atoms with van der Waals surface area (Å²) in [7, 11) is 1.96. The average Bonchev–Trinajstić information content (AvgIpc) is 2.52. The van der Waals surface area contributed by atoms with Gasteiger partial charge in [-0.3, -0.25) is 4.79 Å². The van der Waals surface area contributed by atoms with Crippen LogP contribution < -0.4 is 0 Å². The van der Waals surface area contributed by atoms with E-state index in [-0.39, 0.29) is 0 Å². The molecule has 2 aromatic heterocycles. The van der Waals surface area contributed by atoms with E-state index >= 15 is 0 Å². The van der Waals surface area contributed by atoms with Gasteiger partial charge in [0, 0.05) is 29.9 Å². The van der Waals surface area contributed by atoms with Gasteiger partial charge in [-0.2, -0.15) is 0 Å². The predicted molar refractivity (Wildman–Crippen MR) is 60.2 cm³/mol. The van der Waals surface area contributed by atoms with Gasteiger partial charge in [-0.05, 0) is 18.1 Å². The van der Waals surface area contributed by atoms with Crippen LogP contribution in [-0.2, 0) is 7.05 Å². The van der Waals surface area contributed by atoms with Crippen molar-refractivity contribution in [2.24, 2.45) is 7.05 Å². The molecule has 0 atom stereocenters. The summed E-state index contributed by atoms with van der Waals surface area (Å²) in [5, 5.41) is 0.943. The lowest BCUT2D eigenvalue weighted by atomic mass is 10.1. The molecule has 0 aliphatic carbocycles. The third-order valence-corrected chi connectivity index (χ3v) is 2.70. The lowest BCUT2D eigenvalue weighted by Crippen LogP contribution is -2.01. The van der Waals surface area contributed by atoms with Crippen molar-refractivity contribution in [1.82, 2.24) is 9.55 Å². The first-order valence-corrected chi connectivity index (χ1v) is 5.05. The van der Waals surface area contributed by atoms with Crippen molar-refractivity contribution in [2.45, 2.75) is 19.8 Å². The minimum Gasteiger partial charge on any atom is -0.332 e. The zero-order valence-corrected chi connectivity index (χ0v) is 9.19. The highest BCUT2D eigenvalue weighted by molar-refractivity contribution is 5.98. The van der Waals surface area contributed by atoms with Gasteiger partial charge in [-0.25, -0.2) is 4.98 Å². The molecule has 0 aliphatic heterocycles. The molecular weight excluding hydrogens is 188 g/mol. The maximum absolute atomic E-state index is 11.1. The molecule has 2 rings (SSSR count). The number of hydrogen-bond acceptors (Lipinski definition) is 2. The van der Waals surface area contributed by atoms with Crippen LogP contribution in [0.5, 0.6) is 0 Å². The number of carbonyl (C=O) groups is 1. The van der Waals surface area contributed by atoms with Gasteiger partial charge in [0.05, 0.1) is 0 Å². The Morgan fingerprint density at radius 2 is 2.20 bits per heavy atom. The van der Waals surface area contributed by atoms with Crippen LogP contribution in [0.3, 0.4) is 0 Å². The van der Waals surface area contributed by atoms with E-state index in [4.69, 9.17) is 0 Å². The van der Waals surface area contributed by atoms with Gasteiger partial charge in [-0.15, -0.1) is 0 Å². The van der Waals surface area contributed by atoms with Crippen molar-refractivity contribution in [1.29, 1.82) is 0 Å². The van der Waals surface area contributed by atoms with Crippen molar-refractivity contribution < 1.29 is 4.79 Å². The lowest BCUT2D eigenvalue weighted by molar-refractivity contribution is 0.112. The number of rotatable bonds is 2. The Hall–Kier alpha value is -1.64. The molecule has 3 heteroatoms. The number of hydrogen-bond donors (Lipinski definition) is 0. The van der Waals surface area contributed by atoms with Crippen LogP contribution in [0.1, 0.15) is 35.8 Å². The first kappa shape index (κ1) is 9.90. The largest absolute Gasteiger partial charge is 0.332 e. The fourth-order valence-corrected chi connectivity index (χ4v) is 2.13. The molecule has 0 saturated carbocycles. The zero-order chi connectivity index (χ0) is 11.0. The highest BCUT2D eigenvalue weighted by atomic mass is 16.1. The summed E-state index contributed by atoms with van der Waals surface area (Å²) >= 11 is 0. The third kappa shape index (κ3) is 1.35. The SMILES string of the molecule is CC(C)c1c(C=O)c2cccnc2n1C. The number of carbonyl (C=O) groups excluding carboxylic acids is 1. The van der Waals surface area contributed by atoms with Crippen molar-refractivity contribution in [2.75, 3.05) is 0 Å². The molecule has 2 aromatic rings. The topological polar surface area (TPSA) is 34.9 Å². The van der Waals surface area contributed by atoms with Gasteiger partial charge in [0.15, 0.2) is 6.29 Å². The summed E-state index contributed by atoms with van der Waals surface area (Å²) in [5.74, 6) is 0.324. The van der Waals surface area contributed by atoms with E-state index in [9.17, 15) is 4.79 Å². The maximum atomic E-state index is 11.1. The monoisotopic (exact) mass is 202 g/mol. The average molecular weight is 202 g/mol. The van der Waals surface area contributed by atoms with Crippen LogP contribution in [-0.4, -0.2) is 15.8 Å². The standard InChI is InChI=1S/C12H14N2O/c1-8(2)11-10(7-15)9-5-4-6-13-12(9)14(11)3/h4-8H,1-3H3. The molecule has 0 radical (unpaired) electrons. The highest BCUT2D eigenvalue weighted by Crippen LogP contribution is 2.27. The Morgan fingerprint density at radius 3 is 2.80 bits per heavy atom. The zero-order valence-electron chi connectivity index (χ0n) is 9.19. The Morgan fingerprint density at radius 1 is 1.47 bits per heavy atom. The second-order valence-electron chi connectivity index (χ2n) is 4.01. The van der Waals surface area contributed by atoms with Crippen LogP contribution >= 0.6 is 0 Å². The second-order valence-corrected chi connectivity index (χ2v) is 4.01. The number of pyridine rings is 1. The van der Waals surface area contributed by atoms with Crippen molar-refractivity contribution in [3.8, 4) is 0 Å². The Labute approximate surface area is 88.7 Å². The van der Waals surface area contributed by atoms with E-state index in [1.54, 1.807) is 6.20 Å². The Balaban J connectivity index is 2.90. The lowest BCUT2D eigenvalue weighted by Gasteiger charge is -2.07.